The molecule has 0 aromatic heterocycles. The van der Waals surface area contributed by atoms with Crippen molar-refractivity contribution in [2.45, 2.75) is 48.0 Å². The lowest BCUT2D eigenvalue weighted by atomic mass is 9.79. The van der Waals surface area contributed by atoms with Crippen molar-refractivity contribution >= 4 is 5.57 Å². The third-order valence-electron chi connectivity index (χ3n) is 4.28. The average molecular weight is 284 g/mol. The lowest BCUT2D eigenvalue weighted by molar-refractivity contribution is 0.415. The average Bonchev–Trinajstić information content (AvgIpc) is 2.83. The van der Waals surface area contributed by atoms with Gasteiger partial charge in [-0.3, -0.25) is 0 Å². The summed E-state index contributed by atoms with van der Waals surface area (Å²) in [5.74, 6) is 0.912. The number of hydrogen-bond acceptors (Lipinski definition) is 1. The Bertz CT molecular complexity index is 572. The summed E-state index contributed by atoms with van der Waals surface area (Å²) in [6.45, 7) is 13.8. The van der Waals surface area contributed by atoms with Crippen molar-refractivity contribution in [3.8, 4) is 5.75 Å². The van der Waals surface area contributed by atoms with Gasteiger partial charge in [-0.2, -0.15) is 0 Å². The molecule has 1 nitrogen and oxygen atoms in total. The Kier molecular flexibility index (Phi) is 4.06. The standard InChI is InChI=1S/C20H28O/c1-19(2,3)15-12-17(18(13-15)20(4,5)6)14-8-10-16(21-7)11-9-14/h8-12H,13H2,1-7H3. The van der Waals surface area contributed by atoms with Crippen molar-refractivity contribution in [3.05, 3.63) is 47.1 Å². The smallest absolute Gasteiger partial charge is 0.118 e. The molecule has 0 N–H and O–H groups in total. The Labute approximate surface area is 129 Å². The van der Waals surface area contributed by atoms with Gasteiger partial charge >= 0.3 is 0 Å². The number of hydrogen-bond donors (Lipinski definition) is 0. The van der Waals surface area contributed by atoms with Crippen LogP contribution in [0.15, 0.2) is 41.5 Å². The summed E-state index contributed by atoms with van der Waals surface area (Å²) in [4.78, 5) is 0. The van der Waals surface area contributed by atoms with Crippen molar-refractivity contribution in [3.63, 3.8) is 0 Å². The molecule has 0 unspecified atom stereocenters. The zero-order chi connectivity index (χ0) is 15.8. The third kappa shape index (κ3) is 3.40. The van der Waals surface area contributed by atoms with Crippen LogP contribution < -0.4 is 4.74 Å². The van der Waals surface area contributed by atoms with Crippen LogP contribution in [0.2, 0.25) is 0 Å². The number of benzene rings is 1. The summed E-state index contributed by atoms with van der Waals surface area (Å²) in [5.41, 5.74) is 6.18. The highest BCUT2D eigenvalue weighted by Crippen LogP contribution is 2.47. The maximum absolute atomic E-state index is 5.27. The predicted molar refractivity (Wildman–Crippen MR) is 91.5 cm³/mol. The van der Waals surface area contributed by atoms with Gasteiger partial charge in [0.2, 0.25) is 0 Å². The molecule has 1 aromatic rings. The van der Waals surface area contributed by atoms with E-state index in [1.165, 1.54) is 22.3 Å². The first kappa shape index (κ1) is 15.9. The maximum atomic E-state index is 5.27. The zero-order valence-corrected chi connectivity index (χ0v) is 14.5. The van der Waals surface area contributed by atoms with Crippen LogP contribution in [0.25, 0.3) is 5.57 Å². The second kappa shape index (κ2) is 5.36. The van der Waals surface area contributed by atoms with E-state index in [9.17, 15) is 0 Å². The van der Waals surface area contributed by atoms with Crippen LogP contribution in [0.1, 0.15) is 53.5 Å². The molecule has 0 aliphatic heterocycles. The van der Waals surface area contributed by atoms with Crippen molar-refractivity contribution in [1.82, 2.24) is 0 Å². The molecule has 21 heavy (non-hydrogen) atoms. The molecule has 1 heteroatoms. The Morgan fingerprint density at radius 2 is 1.43 bits per heavy atom. The Morgan fingerprint density at radius 1 is 0.857 bits per heavy atom. The summed E-state index contributed by atoms with van der Waals surface area (Å²) in [5, 5.41) is 0. The SMILES string of the molecule is COc1ccc(C2=C(C(C)(C)C)CC(C(C)(C)C)=C2)cc1. The topological polar surface area (TPSA) is 9.23 Å². The summed E-state index contributed by atoms with van der Waals surface area (Å²) in [6, 6.07) is 8.43. The van der Waals surface area contributed by atoms with Crippen LogP contribution in [0, 0.1) is 10.8 Å². The first-order valence-corrected chi connectivity index (χ1v) is 7.72. The molecule has 0 saturated carbocycles. The van der Waals surface area contributed by atoms with Gasteiger partial charge in [-0.05, 0) is 40.5 Å². The van der Waals surface area contributed by atoms with Crippen LogP contribution in [-0.2, 0) is 0 Å². The first-order chi connectivity index (χ1) is 9.63. The van der Waals surface area contributed by atoms with Gasteiger partial charge in [0.05, 0.1) is 7.11 Å². The van der Waals surface area contributed by atoms with E-state index in [2.05, 4.69) is 59.8 Å². The van der Waals surface area contributed by atoms with Crippen LogP contribution >= 0.6 is 0 Å². The van der Waals surface area contributed by atoms with Crippen LogP contribution in [-0.4, -0.2) is 7.11 Å². The van der Waals surface area contributed by atoms with Crippen LogP contribution in [0.3, 0.4) is 0 Å². The summed E-state index contributed by atoms with van der Waals surface area (Å²) >= 11 is 0. The van der Waals surface area contributed by atoms with Crippen LogP contribution in [0.5, 0.6) is 5.75 Å². The van der Waals surface area contributed by atoms with Crippen LogP contribution in [0.4, 0.5) is 0 Å². The van der Waals surface area contributed by atoms with Crippen molar-refractivity contribution < 1.29 is 4.74 Å². The normalized spacial score (nSPS) is 16.2. The van der Waals surface area contributed by atoms with E-state index in [1.807, 2.05) is 12.1 Å². The van der Waals surface area contributed by atoms with Crippen molar-refractivity contribution in [2.75, 3.05) is 7.11 Å². The Hall–Kier alpha value is -1.50. The van der Waals surface area contributed by atoms with E-state index in [1.54, 1.807) is 7.11 Å². The lowest BCUT2D eigenvalue weighted by Gasteiger charge is -2.26. The summed E-state index contributed by atoms with van der Waals surface area (Å²) in [6.07, 6.45) is 3.50. The molecule has 1 aliphatic rings. The first-order valence-electron chi connectivity index (χ1n) is 7.72. The van der Waals surface area contributed by atoms with Crippen molar-refractivity contribution in [1.29, 1.82) is 0 Å². The lowest BCUT2D eigenvalue weighted by Crippen LogP contribution is -2.13. The quantitative estimate of drug-likeness (QED) is 0.659. The number of allylic oxidation sites excluding steroid dienone is 4. The highest BCUT2D eigenvalue weighted by atomic mass is 16.5. The van der Waals surface area contributed by atoms with Gasteiger partial charge in [-0.15, -0.1) is 0 Å². The molecule has 114 valence electrons. The summed E-state index contributed by atoms with van der Waals surface area (Å²) in [7, 11) is 1.71. The van der Waals surface area contributed by atoms with E-state index in [-0.39, 0.29) is 10.8 Å². The van der Waals surface area contributed by atoms with Gasteiger partial charge in [0, 0.05) is 0 Å². The fourth-order valence-corrected chi connectivity index (χ4v) is 2.78. The molecule has 0 bridgehead atoms. The highest BCUT2D eigenvalue weighted by Gasteiger charge is 2.30. The molecule has 1 aromatic carbocycles. The number of rotatable bonds is 2. The highest BCUT2D eigenvalue weighted by molar-refractivity contribution is 5.82. The molecule has 0 spiro atoms. The van der Waals surface area contributed by atoms with E-state index in [4.69, 9.17) is 4.74 Å². The Morgan fingerprint density at radius 3 is 1.86 bits per heavy atom. The molecule has 0 atom stereocenters. The van der Waals surface area contributed by atoms with Gasteiger partial charge < -0.3 is 4.74 Å². The molecule has 0 saturated heterocycles. The monoisotopic (exact) mass is 284 g/mol. The van der Waals surface area contributed by atoms with Gasteiger partial charge in [-0.25, -0.2) is 0 Å². The van der Waals surface area contributed by atoms with E-state index < -0.39 is 0 Å². The maximum Gasteiger partial charge on any atom is 0.118 e. The third-order valence-corrected chi connectivity index (χ3v) is 4.28. The molecular formula is C20H28O. The molecule has 0 amide bonds. The molecule has 0 fully saturated rings. The number of methoxy groups -OCH3 is 1. The minimum absolute atomic E-state index is 0.193. The molecule has 2 rings (SSSR count). The second-order valence-corrected chi connectivity index (χ2v) is 7.97. The van der Waals surface area contributed by atoms with E-state index in [0.29, 0.717) is 0 Å². The van der Waals surface area contributed by atoms with E-state index >= 15 is 0 Å². The van der Waals surface area contributed by atoms with Gasteiger partial charge in [0.25, 0.3) is 0 Å². The Balaban J connectivity index is 2.48. The van der Waals surface area contributed by atoms with E-state index in [0.717, 1.165) is 12.2 Å². The molecule has 0 heterocycles. The molecule has 0 radical (unpaired) electrons. The second-order valence-electron chi connectivity index (χ2n) is 7.97. The fourth-order valence-electron chi connectivity index (χ4n) is 2.78. The minimum atomic E-state index is 0.193. The van der Waals surface area contributed by atoms with Crippen molar-refractivity contribution in [2.24, 2.45) is 10.8 Å². The predicted octanol–water partition coefficient (Wildman–Crippen LogP) is 5.87. The minimum Gasteiger partial charge on any atom is -0.497 e. The molecular weight excluding hydrogens is 256 g/mol. The van der Waals surface area contributed by atoms with Gasteiger partial charge in [-0.1, -0.05) is 70.9 Å². The largest absolute Gasteiger partial charge is 0.497 e. The number of ether oxygens (including phenoxy) is 1. The zero-order valence-electron chi connectivity index (χ0n) is 14.5. The molecule has 1 aliphatic carbocycles. The van der Waals surface area contributed by atoms with Gasteiger partial charge in [0.15, 0.2) is 0 Å². The fraction of sp³-hybridized carbons (Fsp3) is 0.500. The summed E-state index contributed by atoms with van der Waals surface area (Å²) < 4.78 is 5.27. The van der Waals surface area contributed by atoms with Gasteiger partial charge in [0.1, 0.15) is 5.75 Å².